The van der Waals surface area contributed by atoms with E-state index in [0.29, 0.717) is 18.4 Å². The van der Waals surface area contributed by atoms with Crippen LogP contribution in [0, 0.1) is 0 Å². The van der Waals surface area contributed by atoms with Crippen molar-refractivity contribution in [2.45, 2.75) is 30.9 Å². The number of nitrogens with zero attached hydrogens (tertiary/aromatic N) is 1. The van der Waals surface area contributed by atoms with Gasteiger partial charge in [-0.1, -0.05) is 0 Å². The third kappa shape index (κ3) is 4.67. The predicted octanol–water partition coefficient (Wildman–Crippen LogP) is 0.822. The molecule has 0 bridgehead atoms. The number of primary sulfonamides is 1. The van der Waals surface area contributed by atoms with E-state index in [2.05, 4.69) is 18.7 Å². The smallest absolute Gasteiger partial charge is 0.238 e. The van der Waals surface area contributed by atoms with E-state index in [1.807, 2.05) is 0 Å². The van der Waals surface area contributed by atoms with Gasteiger partial charge in [0, 0.05) is 19.1 Å². The molecule has 1 aliphatic rings. The van der Waals surface area contributed by atoms with Gasteiger partial charge < -0.3 is 9.47 Å². The molecule has 2 rings (SSSR count). The summed E-state index contributed by atoms with van der Waals surface area (Å²) in [6, 6.07) is 6.51. The topological polar surface area (TPSA) is 81.9 Å². The van der Waals surface area contributed by atoms with Gasteiger partial charge in [-0.25, -0.2) is 13.6 Å². The second-order valence-corrected chi connectivity index (χ2v) is 6.91. The quantitative estimate of drug-likeness (QED) is 0.870. The van der Waals surface area contributed by atoms with Crippen molar-refractivity contribution in [2.75, 3.05) is 26.3 Å². The molecule has 0 amide bonds. The number of benzene rings is 1. The Balaban J connectivity index is 1.83. The van der Waals surface area contributed by atoms with Gasteiger partial charge in [-0.15, -0.1) is 0 Å². The average molecular weight is 314 g/mol. The minimum atomic E-state index is -3.65. The minimum absolute atomic E-state index is 0.0884. The lowest BCUT2D eigenvalue weighted by molar-refractivity contribution is -0.0522. The fraction of sp³-hybridized carbons (Fsp3) is 0.571. The molecular weight excluding hydrogens is 292 g/mol. The first kappa shape index (κ1) is 16.2. The molecule has 1 fully saturated rings. The normalized spacial score (nSPS) is 24.0. The number of ether oxygens (including phenoxy) is 2. The Hall–Kier alpha value is -1.15. The molecule has 1 aliphatic heterocycles. The van der Waals surface area contributed by atoms with E-state index in [9.17, 15) is 8.42 Å². The van der Waals surface area contributed by atoms with E-state index >= 15 is 0 Å². The zero-order valence-electron chi connectivity index (χ0n) is 12.4. The summed E-state index contributed by atoms with van der Waals surface area (Å²) in [5.41, 5.74) is 0. The molecule has 118 valence electrons. The molecule has 2 atom stereocenters. The predicted molar refractivity (Wildman–Crippen MR) is 79.8 cm³/mol. The minimum Gasteiger partial charge on any atom is -0.492 e. The summed E-state index contributed by atoms with van der Waals surface area (Å²) in [6.07, 6.45) is 0.246. The van der Waals surface area contributed by atoms with E-state index in [1.54, 1.807) is 12.1 Å². The second kappa shape index (κ2) is 6.74. The number of rotatable bonds is 5. The van der Waals surface area contributed by atoms with Crippen molar-refractivity contribution in [1.29, 1.82) is 0 Å². The number of nitrogens with two attached hydrogens (primary N) is 1. The van der Waals surface area contributed by atoms with Crippen molar-refractivity contribution >= 4 is 10.0 Å². The Labute approximate surface area is 125 Å². The van der Waals surface area contributed by atoms with E-state index in [1.165, 1.54) is 12.1 Å². The molecule has 1 aromatic carbocycles. The van der Waals surface area contributed by atoms with Crippen LogP contribution in [-0.2, 0) is 14.8 Å². The molecule has 6 nitrogen and oxygen atoms in total. The molecule has 0 aliphatic carbocycles. The maximum atomic E-state index is 11.2. The Bertz CT molecular complexity index is 559. The fourth-order valence-electron chi connectivity index (χ4n) is 2.29. The lowest BCUT2D eigenvalue weighted by Crippen LogP contribution is -2.48. The summed E-state index contributed by atoms with van der Waals surface area (Å²) in [4.78, 5) is 2.41. The number of hydrogen-bond acceptors (Lipinski definition) is 5. The van der Waals surface area contributed by atoms with Crippen LogP contribution in [0.15, 0.2) is 29.2 Å². The van der Waals surface area contributed by atoms with Crippen LogP contribution in [0.1, 0.15) is 13.8 Å². The summed E-state index contributed by atoms with van der Waals surface area (Å²) in [7, 11) is -3.65. The molecule has 0 aromatic heterocycles. The lowest BCUT2D eigenvalue weighted by atomic mass is 10.2. The first-order valence-corrected chi connectivity index (χ1v) is 8.52. The maximum absolute atomic E-state index is 11.2. The molecule has 1 aromatic rings. The van der Waals surface area contributed by atoms with Gasteiger partial charge in [0.15, 0.2) is 0 Å². The van der Waals surface area contributed by atoms with Gasteiger partial charge in [-0.2, -0.15) is 0 Å². The Morgan fingerprint density at radius 3 is 2.62 bits per heavy atom. The molecule has 0 saturated carbocycles. The first-order chi connectivity index (χ1) is 9.86. The maximum Gasteiger partial charge on any atom is 0.238 e. The highest BCUT2D eigenvalue weighted by molar-refractivity contribution is 7.89. The highest BCUT2D eigenvalue weighted by Crippen LogP contribution is 2.15. The van der Waals surface area contributed by atoms with Crippen LogP contribution in [0.3, 0.4) is 0 Å². The number of sulfonamides is 1. The Kier molecular flexibility index (Phi) is 5.21. The molecule has 2 N–H and O–H groups in total. The SMILES string of the molecule is CC1CN(CCOc2ccc(S(N)(=O)=O)cc2)C(C)CO1. The van der Waals surface area contributed by atoms with E-state index in [0.717, 1.165) is 19.7 Å². The van der Waals surface area contributed by atoms with Crippen LogP contribution in [0.25, 0.3) is 0 Å². The second-order valence-electron chi connectivity index (χ2n) is 5.35. The summed E-state index contributed by atoms with van der Waals surface area (Å²) in [6.45, 7) is 7.19. The Morgan fingerprint density at radius 2 is 2.00 bits per heavy atom. The zero-order valence-corrected chi connectivity index (χ0v) is 13.2. The summed E-state index contributed by atoms with van der Waals surface area (Å²) in [5, 5.41) is 5.05. The summed E-state index contributed by atoms with van der Waals surface area (Å²) < 4.78 is 33.5. The summed E-state index contributed by atoms with van der Waals surface area (Å²) in [5.74, 6) is 0.636. The molecule has 1 heterocycles. The van der Waals surface area contributed by atoms with Crippen LogP contribution in [0.5, 0.6) is 5.75 Å². The molecule has 2 unspecified atom stereocenters. The Morgan fingerprint density at radius 1 is 1.33 bits per heavy atom. The number of morpholine rings is 1. The van der Waals surface area contributed by atoms with E-state index in [4.69, 9.17) is 14.6 Å². The largest absolute Gasteiger partial charge is 0.492 e. The van der Waals surface area contributed by atoms with Crippen molar-refractivity contribution in [2.24, 2.45) is 5.14 Å². The third-order valence-corrected chi connectivity index (χ3v) is 4.47. The molecule has 0 radical (unpaired) electrons. The molecule has 1 saturated heterocycles. The standard InChI is InChI=1S/C14H22N2O4S/c1-11-10-20-12(2)9-16(11)7-8-19-13-3-5-14(6-4-13)21(15,17)18/h3-6,11-12H,7-10H2,1-2H3,(H2,15,17,18). The molecule has 7 heteroatoms. The van der Waals surface area contributed by atoms with Gasteiger partial charge in [0.1, 0.15) is 12.4 Å². The van der Waals surface area contributed by atoms with Crippen LogP contribution < -0.4 is 9.88 Å². The molecular formula is C14H22N2O4S. The highest BCUT2D eigenvalue weighted by Gasteiger charge is 2.22. The van der Waals surface area contributed by atoms with Crippen molar-refractivity contribution in [3.63, 3.8) is 0 Å². The van der Waals surface area contributed by atoms with Crippen LogP contribution in [0.2, 0.25) is 0 Å². The number of hydrogen-bond donors (Lipinski definition) is 1. The van der Waals surface area contributed by atoms with E-state index < -0.39 is 10.0 Å². The van der Waals surface area contributed by atoms with E-state index in [-0.39, 0.29) is 11.0 Å². The van der Waals surface area contributed by atoms with Crippen molar-refractivity contribution in [1.82, 2.24) is 4.90 Å². The average Bonchev–Trinajstić information content (AvgIpc) is 2.42. The van der Waals surface area contributed by atoms with Gasteiger partial charge in [-0.05, 0) is 38.1 Å². The van der Waals surface area contributed by atoms with Gasteiger partial charge in [-0.3, -0.25) is 4.90 Å². The summed E-state index contributed by atoms with van der Waals surface area (Å²) >= 11 is 0. The van der Waals surface area contributed by atoms with Crippen LogP contribution >= 0.6 is 0 Å². The zero-order chi connectivity index (χ0) is 15.5. The van der Waals surface area contributed by atoms with Gasteiger partial charge >= 0.3 is 0 Å². The van der Waals surface area contributed by atoms with Gasteiger partial charge in [0.2, 0.25) is 10.0 Å². The first-order valence-electron chi connectivity index (χ1n) is 6.97. The lowest BCUT2D eigenvalue weighted by Gasteiger charge is -2.36. The molecule has 21 heavy (non-hydrogen) atoms. The highest BCUT2D eigenvalue weighted by atomic mass is 32.2. The third-order valence-electron chi connectivity index (χ3n) is 3.54. The van der Waals surface area contributed by atoms with Crippen molar-refractivity contribution in [3.8, 4) is 5.75 Å². The van der Waals surface area contributed by atoms with Crippen molar-refractivity contribution < 1.29 is 17.9 Å². The van der Waals surface area contributed by atoms with Gasteiger partial charge in [0.05, 0.1) is 17.6 Å². The monoisotopic (exact) mass is 314 g/mol. The van der Waals surface area contributed by atoms with Crippen LogP contribution in [-0.4, -0.2) is 51.8 Å². The van der Waals surface area contributed by atoms with Crippen molar-refractivity contribution in [3.05, 3.63) is 24.3 Å². The van der Waals surface area contributed by atoms with Crippen LogP contribution in [0.4, 0.5) is 0 Å². The molecule has 0 spiro atoms. The fourth-order valence-corrected chi connectivity index (χ4v) is 2.81. The van der Waals surface area contributed by atoms with Gasteiger partial charge in [0.25, 0.3) is 0 Å².